The van der Waals surface area contributed by atoms with Crippen molar-refractivity contribution in [3.8, 4) is 11.5 Å². The fourth-order valence-corrected chi connectivity index (χ4v) is 2.08. The molecule has 0 saturated heterocycles. The van der Waals surface area contributed by atoms with Crippen molar-refractivity contribution in [1.29, 1.82) is 0 Å². The molecular weight excluding hydrogens is 280 g/mol. The topological polar surface area (TPSA) is 66.8 Å². The van der Waals surface area contributed by atoms with E-state index >= 15 is 0 Å². The van der Waals surface area contributed by atoms with Crippen LogP contribution < -0.4 is 4.74 Å². The zero-order valence-electron chi connectivity index (χ0n) is 10.8. The van der Waals surface area contributed by atoms with Crippen molar-refractivity contribution in [2.24, 2.45) is 0 Å². The van der Waals surface area contributed by atoms with Crippen molar-refractivity contribution in [2.75, 3.05) is 0 Å². The highest BCUT2D eigenvalue weighted by molar-refractivity contribution is 6.31. The zero-order chi connectivity index (χ0) is 14.7. The molecule has 0 aliphatic carbocycles. The Morgan fingerprint density at radius 2 is 2.05 bits per heavy atom. The van der Waals surface area contributed by atoms with Gasteiger partial charge in [-0.05, 0) is 42.8 Å². The van der Waals surface area contributed by atoms with E-state index in [0.29, 0.717) is 16.3 Å². The Morgan fingerprint density at radius 3 is 2.70 bits per heavy atom. The van der Waals surface area contributed by atoms with Crippen LogP contribution in [0.5, 0.6) is 11.5 Å². The van der Waals surface area contributed by atoms with Gasteiger partial charge in [0, 0.05) is 10.6 Å². The molecule has 0 aliphatic rings. The Bertz CT molecular complexity index is 652. The monoisotopic (exact) mass is 292 g/mol. The molecule has 2 aromatic rings. The Labute approximate surface area is 121 Å². The largest absolute Gasteiger partial charge is 0.508 e. The molecule has 0 bridgehead atoms. The lowest BCUT2D eigenvalue weighted by Gasteiger charge is -2.12. The second kappa shape index (κ2) is 5.84. The van der Waals surface area contributed by atoms with Crippen LogP contribution in [0.2, 0.25) is 5.02 Å². The van der Waals surface area contributed by atoms with E-state index in [1.807, 2.05) is 0 Å². The summed E-state index contributed by atoms with van der Waals surface area (Å²) in [5.41, 5.74) is 1.30. The normalized spacial score (nSPS) is 10.3. The molecule has 0 radical (unpaired) electrons. The van der Waals surface area contributed by atoms with E-state index in [9.17, 15) is 9.90 Å². The Hall–Kier alpha value is -2.20. The molecule has 0 amide bonds. The fourth-order valence-electron chi connectivity index (χ4n) is 1.85. The molecule has 104 valence electrons. The summed E-state index contributed by atoms with van der Waals surface area (Å²) in [6, 6.07) is 9.39. The number of benzene rings is 2. The summed E-state index contributed by atoms with van der Waals surface area (Å²) in [5.74, 6) is -0.327. The van der Waals surface area contributed by atoms with Crippen LogP contribution in [0.4, 0.5) is 0 Å². The van der Waals surface area contributed by atoms with Crippen LogP contribution in [0.3, 0.4) is 0 Å². The first-order valence-electron chi connectivity index (χ1n) is 5.92. The van der Waals surface area contributed by atoms with E-state index < -0.39 is 5.97 Å². The first-order valence-corrected chi connectivity index (χ1v) is 6.30. The number of phenols is 1. The van der Waals surface area contributed by atoms with Crippen LogP contribution in [0.1, 0.15) is 21.5 Å². The van der Waals surface area contributed by atoms with Gasteiger partial charge >= 0.3 is 5.97 Å². The standard InChI is InChI=1S/C15H13ClO4/c1-9-7-10(17)5-6-14(9)20-8-12-11(15(18)19)3-2-4-13(12)16/h2-7,17H,8H2,1H3,(H,18,19). The lowest BCUT2D eigenvalue weighted by Crippen LogP contribution is -2.06. The minimum atomic E-state index is -1.05. The minimum Gasteiger partial charge on any atom is -0.508 e. The predicted octanol–water partition coefficient (Wildman–Crippen LogP) is 3.63. The van der Waals surface area contributed by atoms with Gasteiger partial charge < -0.3 is 14.9 Å². The van der Waals surface area contributed by atoms with Gasteiger partial charge in [-0.25, -0.2) is 4.79 Å². The smallest absolute Gasteiger partial charge is 0.336 e. The van der Waals surface area contributed by atoms with Gasteiger partial charge in [0.15, 0.2) is 0 Å². The van der Waals surface area contributed by atoms with Crippen molar-refractivity contribution in [3.05, 3.63) is 58.1 Å². The third-order valence-electron chi connectivity index (χ3n) is 2.88. The number of carboxylic acid groups (broad SMARTS) is 1. The SMILES string of the molecule is Cc1cc(O)ccc1OCc1c(Cl)cccc1C(=O)O. The summed E-state index contributed by atoms with van der Waals surface area (Å²) in [6.07, 6.45) is 0. The number of aromatic hydroxyl groups is 1. The van der Waals surface area contributed by atoms with Crippen molar-refractivity contribution < 1.29 is 19.7 Å². The third kappa shape index (κ3) is 3.03. The van der Waals surface area contributed by atoms with E-state index in [4.69, 9.17) is 21.4 Å². The second-order valence-electron chi connectivity index (χ2n) is 4.31. The molecule has 0 spiro atoms. The summed E-state index contributed by atoms with van der Waals surface area (Å²) in [6.45, 7) is 1.84. The highest BCUT2D eigenvalue weighted by atomic mass is 35.5. The summed E-state index contributed by atoms with van der Waals surface area (Å²) in [5, 5.41) is 18.8. The number of carbonyl (C=O) groups is 1. The highest BCUT2D eigenvalue weighted by Crippen LogP contribution is 2.26. The van der Waals surface area contributed by atoms with Gasteiger partial charge in [-0.15, -0.1) is 0 Å². The van der Waals surface area contributed by atoms with Gasteiger partial charge in [-0.1, -0.05) is 17.7 Å². The molecule has 2 aromatic carbocycles. The van der Waals surface area contributed by atoms with Crippen molar-refractivity contribution >= 4 is 17.6 Å². The van der Waals surface area contributed by atoms with Gasteiger partial charge in [0.1, 0.15) is 18.1 Å². The number of hydrogen-bond acceptors (Lipinski definition) is 3. The van der Waals surface area contributed by atoms with Gasteiger partial charge in [0.2, 0.25) is 0 Å². The molecule has 4 nitrogen and oxygen atoms in total. The Balaban J connectivity index is 2.25. The van der Waals surface area contributed by atoms with Crippen LogP contribution >= 0.6 is 11.6 Å². The molecule has 5 heteroatoms. The number of aromatic carboxylic acids is 1. The van der Waals surface area contributed by atoms with Crippen molar-refractivity contribution in [1.82, 2.24) is 0 Å². The van der Waals surface area contributed by atoms with Gasteiger partial charge in [-0.3, -0.25) is 0 Å². The quantitative estimate of drug-likeness (QED) is 0.903. The summed E-state index contributed by atoms with van der Waals surface area (Å²) < 4.78 is 5.59. The second-order valence-corrected chi connectivity index (χ2v) is 4.72. The van der Waals surface area contributed by atoms with Gasteiger partial charge in [-0.2, -0.15) is 0 Å². The third-order valence-corrected chi connectivity index (χ3v) is 3.23. The number of ether oxygens (including phenoxy) is 1. The average molecular weight is 293 g/mol. The maximum Gasteiger partial charge on any atom is 0.336 e. The highest BCUT2D eigenvalue weighted by Gasteiger charge is 2.14. The molecule has 0 aromatic heterocycles. The number of halogens is 1. The van der Waals surface area contributed by atoms with Crippen LogP contribution in [-0.2, 0) is 6.61 Å². The Kier molecular flexibility index (Phi) is 4.15. The molecule has 0 fully saturated rings. The molecule has 0 aliphatic heterocycles. The molecule has 2 rings (SSSR count). The van der Waals surface area contributed by atoms with Gasteiger partial charge in [0.05, 0.1) is 5.56 Å². The lowest BCUT2D eigenvalue weighted by atomic mass is 10.1. The molecule has 0 heterocycles. The zero-order valence-corrected chi connectivity index (χ0v) is 11.5. The molecule has 0 atom stereocenters. The summed E-state index contributed by atoms with van der Waals surface area (Å²) in [7, 11) is 0. The van der Waals surface area contributed by atoms with E-state index in [-0.39, 0.29) is 17.9 Å². The molecule has 20 heavy (non-hydrogen) atoms. The Morgan fingerprint density at radius 1 is 1.30 bits per heavy atom. The van der Waals surface area contributed by atoms with E-state index in [2.05, 4.69) is 0 Å². The lowest BCUT2D eigenvalue weighted by molar-refractivity contribution is 0.0694. The predicted molar refractivity (Wildman–Crippen MR) is 75.6 cm³/mol. The van der Waals surface area contributed by atoms with E-state index in [0.717, 1.165) is 5.56 Å². The number of carboxylic acids is 1. The molecule has 2 N–H and O–H groups in total. The minimum absolute atomic E-state index is 0.0485. The van der Waals surface area contributed by atoms with Crippen LogP contribution in [0.25, 0.3) is 0 Å². The van der Waals surface area contributed by atoms with E-state index in [1.165, 1.54) is 12.1 Å². The first-order chi connectivity index (χ1) is 9.49. The maximum absolute atomic E-state index is 11.1. The number of hydrogen-bond donors (Lipinski definition) is 2. The number of phenolic OH excluding ortho intramolecular Hbond substituents is 1. The number of aryl methyl sites for hydroxylation is 1. The van der Waals surface area contributed by atoms with Crippen molar-refractivity contribution in [2.45, 2.75) is 13.5 Å². The summed E-state index contributed by atoms with van der Waals surface area (Å²) >= 11 is 6.02. The fraction of sp³-hybridized carbons (Fsp3) is 0.133. The summed E-state index contributed by atoms with van der Waals surface area (Å²) in [4.78, 5) is 11.1. The van der Waals surface area contributed by atoms with Crippen LogP contribution in [0.15, 0.2) is 36.4 Å². The van der Waals surface area contributed by atoms with Gasteiger partial charge in [0.25, 0.3) is 0 Å². The average Bonchev–Trinajstić information content (AvgIpc) is 2.38. The van der Waals surface area contributed by atoms with Crippen molar-refractivity contribution in [3.63, 3.8) is 0 Å². The molecule has 0 unspecified atom stereocenters. The number of rotatable bonds is 4. The van der Waals surface area contributed by atoms with Crippen LogP contribution in [0, 0.1) is 6.92 Å². The maximum atomic E-state index is 11.1. The first kappa shape index (κ1) is 14.2. The molecule has 0 saturated carbocycles. The molecular formula is C15H13ClO4. The van der Waals surface area contributed by atoms with E-state index in [1.54, 1.807) is 31.2 Å². The van der Waals surface area contributed by atoms with Crippen LogP contribution in [-0.4, -0.2) is 16.2 Å².